The van der Waals surface area contributed by atoms with E-state index in [1.807, 2.05) is 43.3 Å². The van der Waals surface area contributed by atoms with E-state index in [1.54, 1.807) is 0 Å². The van der Waals surface area contributed by atoms with Crippen molar-refractivity contribution >= 4 is 17.6 Å². The number of nitrogens with one attached hydrogen (secondary N) is 3. The number of hydrogen-bond donors (Lipinski definition) is 3. The van der Waals surface area contributed by atoms with E-state index >= 15 is 0 Å². The van der Waals surface area contributed by atoms with Crippen molar-refractivity contribution in [1.82, 2.24) is 15.5 Å². The molecular formula is C19H24N4O2. The first-order chi connectivity index (χ1) is 12.0. The summed E-state index contributed by atoms with van der Waals surface area (Å²) in [6.45, 7) is 3.45. The molecule has 1 aromatic carbocycles. The van der Waals surface area contributed by atoms with Gasteiger partial charge in [0.25, 0.3) is 0 Å². The lowest BCUT2D eigenvalue weighted by Gasteiger charge is -2.34. The Labute approximate surface area is 147 Å². The second-order valence-corrected chi connectivity index (χ2v) is 6.85. The highest BCUT2D eigenvalue weighted by Gasteiger charge is 2.32. The third kappa shape index (κ3) is 4.47. The molecule has 3 rings (SSSR count). The van der Waals surface area contributed by atoms with Gasteiger partial charge in [-0.1, -0.05) is 37.3 Å². The zero-order valence-electron chi connectivity index (χ0n) is 14.6. The lowest BCUT2D eigenvalue weighted by molar-refractivity contribution is -0.120. The molecule has 3 N–H and O–H groups in total. The van der Waals surface area contributed by atoms with Crippen molar-refractivity contribution in [3.05, 3.63) is 47.7 Å². The summed E-state index contributed by atoms with van der Waals surface area (Å²) in [6, 6.07) is 12.1. The lowest BCUT2D eigenvalue weighted by Crippen LogP contribution is -2.42. The van der Waals surface area contributed by atoms with Crippen LogP contribution >= 0.6 is 0 Å². The quantitative estimate of drug-likeness (QED) is 0.755. The fourth-order valence-electron chi connectivity index (χ4n) is 3.20. The Morgan fingerprint density at radius 2 is 2.00 bits per heavy atom. The molecule has 0 saturated heterocycles. The third-order valence-electron chi connectivity index (χ3n) is 4.67. The Kier molecular flexibility index (Phi) is 5.16. The molecule has 1 atom stereocenters. The van der Waals surface area contributed by atoms with Crippen LogP contribution in [0, 0.1) is 5.92 Å². The summed E-state index contributed by atoms with van der Waals surface area (Å²) in [5, 5.41) is 13.0. The van der Waals surface area contributed by atoms with Gasteiger partial charge in [-0.15, -0.1) is 0 Å². The molecule has 0 radical (unpaired) electrons. The number of amides is 2. The van der Waals surface area contributed by atoms with Gasteiger partial charge in [0.05, 0.1) is 0 Å². The van der Waals surface area contributed by atoms with Crippen molar-refractivity contribution in [2.75, 3.05) is 5.32 Å². The molecule has 1 aliphatic rings. The number of aromatic nitrogens is 2. The van der Waals surface area contributed by atoms with Crippen LogP contribution in [0.2, 0.25) is 0 Å². The van der Waals surface area contributed by atoms with E-state index < -0.39 is 0 Å². The first-order valence-corrected chi connectivity index (χ1v) is 8.68. The minimum atomic E-state index is -0.129. The molecule has 25 heavy (non-hydrogen) atoms. The average molecular weight is 340 g/mol. The number of rotatable bonds is 6. The summed E-state index contributed by atoms with van der Waals surface area (Å²) in [7, 11) is 0. The van der Waals surface area contributed by atoms with Gasteiger partial charge in [0.1, 0.15) is 0 Å². The van der Waals surface area contributed by atoms with Crippen molar-refractivity contribution in [2.24, 2.45) is 5.92 Å². The van der Waals surface area contributed by atoms with E-state index in [1.165, 1.54) is 6.92 Å². The molecule has 1 aromatic heterocycles. The van der Waals surface area contributed by atoms with E-state index in [9.17, 15) is 9.59 Å². The van der Waals surface area contributed by atoms with Crippen LogP contribution in [-0.2, 0) is 16.0 Å². The van der Waals surface area contributed by atoms with Gasteiger partial charge in [0, 0.05) is 36.6 Å². The first kappa shape index (κ1) is 17.2. The Bertz CT molecular complexity index is 735. The van der Waals surface area contributed by atoms with Gasteiger partial charge in [-0.3, -0.25) is 14.7 Å². The molecule has 2 amide bonds. The minimum absolute atomic E-state index is 0.00779. The number of hydrogen-bond acceptors (Lipinski definition) is 3. The van der Waals surface area contributed by atoms with Gasteiger partial charge in [-0.05, 0) is 24.8 Å². The minimum Gasteiger partial charge on any atom is -0.354 e. The summed E-state index contributed by atoms with van der Waals surface area (Å²) in [4.78, 5) is 23.4. The van der Waals surface area contributed by atoms with Gasteiger partial charge < -0.3 is 10.6 Å². The smallest absolute Gasteiger partial charge is 0.228 e. The van der Waals surface area contributed by atoms with Crippen molar-refractivity contribution < 1.29 is 9.59 Å². The first-order valence-electron chi connectivity index (χ1n) is 8.68. The number of nitrogens with zero attached hydrogens (tertiary/aromatic N) is 1. The Morgan fingerprint density at radius 1 is 1.28 bits per heavy atom. The van der Waals surface area contributed by atoms with Crippen LogP contribution in [-0.4, -0.2) is 28.1 Å². The van der Waals surface area contributed by atoms with Gasteiger partial charge in [-0.25, -0.2) is 0 Å². The maximum Gasteiger partial charge on any atom is 0.228 e. The molecule has 6 heteroatoms. The molecule has 132 valence electrons. The highest BCUT2D eigenvalue weighted by Crippen LogP contribution is 2.36. The predicted molar refractivity (Wildman–Crippen MR) is 96.1 cm³/mol. The normalized spacial score (nSPS) is 20.4. The molecule has 1 saturated carbocycles. The third-order valence-corrected chi connectivity index (χ3v) is 4.67. The number of aromatic amines is 1. The Balaban J connectivity index is 1.50. The summed E-state index contributed by atoms with van der Waals surface area (Å²) < 4.78 is 0. The molecule has 2 aromatic rings. The Hall–Kier alpha value is -2.63. The summed E-state index contributed by atoms with van der Waals surface area (Å²) >= 11 is 0. The molecule has 6 nitrogen and oxygen atoms in total. The SMILES string of the molecule is CC(=O)NC1CC(c2cc(NC(=O)C(C)Cc3ccccc3)n[nH]2)C1. The average Bonchev–Trinajstić information content (AvgIpc) is 2.99. The van der Waals surface area contributed by atoms with Crippen LogP contribution in [0.3, 0.4) is 0 Å². The van der Waals surface area contributed by atoms with Crippen molar-refractivity contribution in [2.45, 2.75) is 45.1 Å². The van der Waals surface area contributed by atoms with Crippen molar-refractivity contribution in [3.8, 4) is 0 Å². The maximum atomic E-state index is 12.3. The van der Waals surface area contributed by atoms with Crippen molar-refractivity contribution in [3.63, 3.8) is 0 Å². The standard InChI is InChI=1S/C19H24N4O2/c1-12(8-14-6-4-3-5-7-14)19(25)21-18-11-17(22-23-18)15-9-16(10-15)20-13(2)24/h3-7,11-12,15-16H,8-10H2,1-2H3,(H,20,24)(H2,21,22,23,25). The molecule has 1 fully saturated rings. The molecule has 1 heterocycles. The van der Waals surface area contributed by atoms with E-state index in [0.29, 0.717) is 18.2 Å². The van der Waals surface area contributed by atoms with Crippen molar-refractivity contribution in [1.29, 1.82) is 0 Å². The van der Waals surface area contributed by atoms with Gasteiger partial charge in [-0.2, -0.15) is 5.10 Å². The van der Waals surface area contributed by atoms with E-state index in [-0.39, 0.29) is 23.8 Å². The number of carbonyl (C=O) groups is 2. The van der Waals surface area contributed by atoms with E-state index in [0.717, 1.165) is 24.1 Å². The second-order valence-electron chi connectivity index (χ2n) is 6.85. The maximum absolute atomic E-state index is 12.3. The largest absolute Gasteiger partial charge is 0.354 e. The fourth-order valence-corrected chi connectivity index (χ4v) is 3.20. The monoisotopic (exact) mass is 340 g/mol. The number of H-pyrrole nitrogens is 1. The summed E-state index contributed by atoms with van der Waals surface area (Å²) in [5.41, 5.74) is 2.15. The van der Waals surface area contributed by atoms with Gasteiger partial charge in [0.15, 0.2) is 5.82 Å². The van der Waals surface area contributed by atoms with Gasteiger partial charge in [0.2, 0.25) is 11.8 Å². The highest BCUT2D eigenvalue weighted by atomic mass is 16.2. The molecular weight excluding hydrogens is 316 g/mol. The number of carbonyl (C=O) groups excluding carboxylic acids is 2. The number of benzene rings is 1. The topological polar surface area (TPSA) is 86.9 Å². The number of anilines is 1. The van der Waals surface area contributed by atoms with E-state index in [2.05, 4.69) is 20.8 Å². The van der Waals surface area contributed by atoms with Crippen LogP contribution in [0.25, 0.3) is 0 Å². The zero-order chi connectivity index (χ0) is 17.8. The molecule has 1 aliphatic carbocycles. The lowest BCUT2D eigenvalue weighted by atomic mass is 9.78. The Morgan fingerprint density at radius 3 is 2.68 bits per heavy atom. The second kappa shape index (κ2) is 7.51. The molecule has 0 aliphatic heterocycles. The van der Waals surface area contributed by atoms with Crippen LogP contribution in [0.1, 0.15) is 43.9 Å². The summed E-state index contributed by atoms with van der Waals surface area (Å²) in [6.07, 6.45) is 2.50. The van der Waals surface area contributed by atoms with Crippen LogP contribution in [0.4, 0.5) is 5.82 Å². The highest BCUT2D eigenvalue weighted by molar-refractivity contribution is 5.91. The van der Waals surface area contributed by atoms with Crippen LogP contribution < -0.4 is 10.6 Å². The molecule has 0 bridgehead atoms. The zero-order valence-corrected chi connectivity index (χ0v) is 14.6. The molecule has 0 spiro atoms. The molecule has 1 unspecified atom stereocenters. The van der Waals surface area contributed by atoms with Gasteiger partial charge >= 0.3 is 0 Å². The van der Waals surface area contributed by atoms with Crippen LogP contribution in [0.5, 0.6) is 0 Å². The van der Waals surface area contributed by atoms with Crippen LogP contribution in [0.15, 0.2) is 36.4 Å². The summed E-state index contributed by atoms with van der Waals surface area (Å²) in [5.74, 6) is 0.759. The predicted octanol–water partition coefficient (Wildman–Crippen LogP) is 2.61. The fraction of sp³-hybridized carbons (Fsp3) is 0.421. The van der Waals surface area contributed by atoms with E-state index in [4.69, 9.17) is 0 Å².